The van der Waals surface area contributed by atoms with Gasteiger partial charge in [0.25, 0.3) is 11.1 Å². The quantitative estimate of drug-likeness (QED) is 0.0577. The Morgan fingerprint density at radius 1 is 0.750 bits per heavy atom. The van der Waals surface area contributed by atoms with Crippen LogP contribution in [0, 0.1) is 0 Å². The zero-order chi connectivity index (χ0) is 32.7. The van der Waals surface area contributed by atoms with E-state index in [1.54, 1.807) is 0 Å². The van der Waals surface area contributed by atoms with E-state index in [0.717, 1.165) is 0 Å². The Kier molecular flexibility index (Phi) is 11.8. The summed E-state index contributed by atoms with van der Waals surface area (Å²) in [5, 5.41) is 18.2. The molecule has 244 valence electrons. The minimum Gasteiger partial charge on any atom is -0.394 e. The van der Waals surface area contributed by atoms with Crippen LogP contribution in [0.1, 0.15) is 0 Å². The number of rotatable bonds is 14. The fourth-order valence-electron chi connectivity index (χ4n) is 3.17. The lowest BCUT2D eigenvalue weighted by Crippen LogP contribution is -2.24. The van der Waals surface area contributed by atoms with Crippen molar-refractivity contribution in [3.05, 3.63) is 33.4 Å². The molecule has 0 saturated carbocycles. The molecule has 24 nitrogen and oxygen atoms in total. The Balaban J connectivity index is 0.000000240. The Bertz CT molecular complexity index is 1630. The van der Waals surface area contributed by atoms with Crippen LogP contribution in [0.3, 0.4) is 0 Å². The lowest BCUT2D eigenvalue weighted by Gasteiger charge is -2.16. The van der Waals surface area contributed by atoms with Crippen molar-refractivity contribution in [2.75, 3.05) is 37.9 Å². The number of aromatic amines is 2. The molecule has 12 N–H and O–H groups in total. The van der Waals surface area contributed by atoms with E-state index in [9.17, 15) is 18.7 Å². The molecular formula is C18H28N10O14P2. The largest absolute Gasteiger partial charge is 0.469 e. The molecule has 0 bridgehead atoms. The van der Waals surface area contributed by atoms with Crippen LogP contribution >= 0.6 is 15.6 Å². The fraction of sp³-hybridized carbons (Fsp3) is 0.444. The van der Waals surface area contributed by atoms with Crippen LogP contribution in [-0.4, -0.2) is 107 Å². The summed E-state index contributed by atoms with van der Waals surface area (Å²) in [6.07, 6.45) is 0.601. The van der Waals surface area contributed by atoms with E-state index >= 15 is 0 Å². The summed E-state index contributed by atoms with van der Waals surface area (Å²) in [6.45, 7) is -2.43. The number of anilines is 2. The van der Waals surface area contributed by atoms with Crippen molar-refractivity contribution in [3.8, 4) is 0 Å². The second kappa shape index (κ2) is 14.9. The van der Waals surface area contributed by atoms with Gasteiger partial charge in [0.2, 0.25) is 11.9 Å². The molecule has 0 aromatic carbocycles. The maximum absolute atomic E-state index is 11.6. The van der Waals surface area contributed by atoms with Gasteiger partial charge in [-0.1, -0.05) is 0 Å². The Hall–Kier alpha value is -3.64. The van der Waals surface area contributed by atoms with Crippen LogP contribution in [0.2, 0.25) is 0 Å². The number of nitrogens with zero attached hydrogens (tertiary/aromatic N) is 6. The standard InChI is InChI=1S/2C9H14N5O7P/c2*10-9-12-7-6(8(16)13-9)11-3-14(7)4-20-5(1-15)2-21-22(17,18)19/h2*3,5,15H,1-2,4H2,(H2,17,18,19)(H3,10,12,13,16). The van der Waals surface area contributed by atoms with E-state index in [2.05, 4.69) is 39.0 Å². The number of aliphatic hydroxyl groups excluding tert-OH is 2. The molecule has 0 aliphatic carbocycles. The molecule has 2 unspecified atom stereocenters. The number of phosphoric ester groups is 2. The molecule has 0 spiro atoms. The first kappa shape index (κ1) is 34.8. The first-order chi connectivity index (χ1) is 20.6. The number of aliphatic hydroxyl groups is 2. The second-order valence-corrected chi connectivity index (χ2v) is 10.9. The third-order valence-electron chi connectivity index (χ3n) is 5.15. The summed E-state index contributed by atoms with van der Waals surface area (Å²) in [5.74, 6) is -0.189. The minimum absolute atomic E-state index is 0.0600. The number of aromatic nitrogens is 8. The van der Waals surface area contributed by atoms with Crippen LogP contribution in [0.5, 0.6) is 0 Å². The van der Waals surface area contributed by atoms with E-state index in [1.165, 1.54) is 21.8 Å². The molecule has 0 fully saturated rings. The fourth-order valence-corrected chi connectivity index (χ4v) is 3.89. The molecule has 4 aromatic rings. The maximum atomic E-state index is 11.6. The molecule has 2 atom stereocenters. The Labute approximate surface area is 243 Å². The molecular weight excluding hydrogens is 642 g/mol. The van der Waals surface area contributed by atoms with Crippen LogP contribution in [0.25, 0.3) is 22.3 Å². The van der Waals surface area contributed by atoms with Gasteiger partial charge < -0.3 is 50.7 Å². The number of H-pyrrole nitrogens is 2. The highest BCUT2D eigenvalue weighted by Crippen LogP contribution is 2.36. The lowest BCUT2D eigenvalue weighted by molar-refractivity contribution is -0.0479. The van der Waals surface area contributed by atoms with Gasteiger partial charge in [0.1, 0.15) is 25.7 Å². The van der Waals surface area contributed by atoms with E-state index in [-0.39, 0.29) is 47.7 Å². The summed E-state index contributed by atoms with van der Waals surface area (Å²) in [4.78, 5) is 77.6. The van der Waals surface area contributed by atoms with Crippen molar-refractivity contribution in [1.82, 2.24) is 39.0 Å². The third-order valence-corrected chi connectivity index (χ3v) is 6.12. The number of hydrogen-bond acceptors (Lipinski definition) is 16. The smallest absolute Gasteiger partial charge is 0.394 e. The van der Waals surface area contributed by atoms with Gasteiger partial charge >= 0.3 is 15.6 Å². The molecule has 0 radical (unpaired) electrons. The molecule has 0 aliphatic rings. The van der Waals surface area contributed by atoms with Crippen molar-refractivity contribution in [2.45, 2.75) is 25.7 Å². The number of nitrogens with one attached hydrogen (secondary N) is 2. The summed E-state index contributed by atoms with van der Waals surface area (Å²) in [5.41, 5.74) is 10.3. The Morgan fingerprint density at radius 2 is 1.11 bits per heavy atom. The predicted molar refractivity (Wildman–Crippen MR) is 145 cm³/mol. The van der Waals surface area contributed by atoms with Gasteiger partial charge in [-0.15, -0.1) is 0 Å². The van der Waals surface area contributed by atoms with Gasteiger partial charge in [-0.3, -0.25) is 37.7 Å². The summed E-state index contributed by atoms with van der Waals surface area (Å²) >= 11 is 0. The monoisotopic (exact) mass is 670 g/mol. The van der Waals surface area contributed by atoms with Crippen molar-refractivity contribution in [3.63, 3.8) is 0 Å². The SMILES string of the molecule is Nc1nc2c(ncn2COC(CO)COP(=O)(O)O)c(=O)[nH]1.Nc1nc2c(ncn2COC(CO)COP(=O)(O)O)c(=O)[nH]1. The number of phosphoric acid groups is 2. The first-order valence-electron chi connectivity index (χ1n) is 11.9. The highest BCUT2D eigenvalue weighted by atomic mass is 31.2. The van der Waals surface area contributed by atoms with Crippen molar-refractivity contribution in [2.24, 2.45) is 0 Å². The van der Waals surface area contributed by atoms with E-state index in [0.29, 0.717) is 0 Å². The van der Waals surface area contributed by atoms with E-state index < -0.39 is 65.4 Å². The predicted octanol–water partition coefficient (Wildman–Crippen LogP) is -3.71. The highest BCUT2D eigenvalue weighted by molar-refractivity contribution is 7.46. The van der Waals surface area contributed by atoms with Crippen molar-refractivity contribution >= 4 is 49.9 Å². The molecule has 4 aromatic heterocycles. The summed E-state index contributed by atoms with van der Waals surface area (Å²) < 4.78 is 42.8. The van der Waals surface area contributed by atoms with Crippen LogP contribution in [-0.2, 0) is 41.1 Å². The number of imidazole rings is 2. The third kappa shape index (κ3) is 10.2. The maximum Gasteiger partial charge on any atom is 0.469 e. The van der Waals surface area contributed by atoms with Gasteiger partial charge in [0.15, 0.2) is 22.3 Å². The second-order valence-electron chi connectivity index (χ2n) is 8.45. The van der Waals surface area contributed by atoms with Crippen LogP contribution in [0.4, 0.5) is 11.9 Å². The molecule has 44 heavy (non-hydrogen) atoms. The van der Waals surface area contributed by atoms with Gasteiger partial charge in [-0.2, -0.15) is 9.97 Å². The van der Waals surface area contributed by atoms with Gasteiger partial charge in [-0.25, -0.2) is 19.1 Å². The normalized spacial score (nSPS) is 13.6. The molecule has 0 saturated heterocycles. The summed E-state index contributed by atoms with van der Waals surface area (Å²) in [7, 11) is -9.31. The molecule has 0 aliphatic heterocycles. The van der Waals surface area contributed by atoms with E-state index in [1.807, 2.05) is 0 Å². The molecule has 4 rings (SSSR count). The average molecular weight is 670 g/mol. The first-order valence-corrected chi connectivity index (χ1v) is 14.9. The van der Waals surface area contributed by atoms with Crippen molar-refractivity contribution < 1.29 is 57.4 Å². The van der Waals surface area contributed by atoms with Crippen LogP contribution < -0.4 is 22.6 Å². The molecule has 26 heteroatoms. The van der Waals surface area contributed by atoms with Crippen molar-refractivity contribution in [1.29, 1.82) is 0 Å². The average Bonchev–Trinajstić information content (AvgIpc) is 3.52. The topological polar surface area (TPSA) is 372 Å². The number of ether oxygens (including phenoxy) is 2. The number of hydrogen-bond donors (Lipinski definition) is 10. The number of nitrogens with two attached hydrogens (primary N) is 2. The minimum atomic E-state index is -4.65. The zero-order valence-electron chi connectivity index (χ0n) is 22.2. The zero-order valence-corrected chi connectivity index (χ0v) is 24.0. The number of nitrogen functional groups attached to an aromatic ring is 2. The lowest BCUT2D eigenvalue weighted by atomic mass is 10.4. The van der Waals surface area contributed by atoms with Gasteiger partial charge in [-0.05, 0) is 0 Å². The van der Waals surface area contributed by atoms with Gasteiger partial charge in [0.05, 0.1) is 39.1 Å². The molecule has 4 heterocycles. The highest BCUT2D eigenvalue weighted by Gasteiger charge is 2.20. The number of fused-ring (bicyclic) bond motifs is 2. The van der Waals surface area contributed by atoms with E-state index in [4.69, 9.17) is 50.7 Å². The van der Waals surface area contributed by atoms with Gasteiger partial charge in [0, 0.05) is 0 Å². The summed E-state index contributed by atoms with van der Waals surface area (Å²) in [6, 6.07) is 0. The molecule has 0 amide bonds. The Morgan fingerprint density at radius 3 is 1.43 bits per heavy atom. The van der Waals surface area contributed by atoms with Crippen LogP contribution in [0.15, 0.2) is 22.2 Å².